The van der Waals surface area contributed by atoms with E-state index in [4.69, 9.17) is 35.4 Å². The van der Waals surface area contributed by atoms with Crippen molar-refractivity contribution >= 4 is 51.3 Å². The maximum atomic E-state index is 6.26. The molecule has 3 rings (SSSR count). The summed E-state index contributed by atoms with van der Waals surface area (Å²) < 4.78 is 3.32. The molecule has 0 aliphatic rings. The molecule has 3 nitrogen and oxygen atoms in total. The summed E-state index contributed by atoms with van der Waals surface area (Å²) in [5, 5.41) is 8.18. The number of nitrogens with zero attached hydrogens (tertiary/aromatic N) is 2. The second-order valence-corrected chi connectivity index (χ2v) is 6.43. The molecule has 0 unspecified atom stereocenters. The van der Waals surface area contributed by atoms with Crippen LogP contribution >= 0.6 is 51.3 Å². The van der Waals surface area contributed by atoms with Gasteiger partial charge in [0.15, 0.2) is 10.6 Å². The Kier molecular flexibility index (Phi) is 4.17. The minimum atomic E-state index is 0.498. The van der Waals surface area contributed by atoms with Gasteiger partial charge < -0.3 is 0 Å². The summed E-state index contributed by atoms with van der Waals surface area (Å²) in [6.45, 7) is 0. The van der Waals surface area contributed by atoms with Crippen LogP contribution < -0.4 is 0 Å². The molecule has 0 saturated carbocycles. The van der Waals surface area contributed by atoms with E-state index in [-0.39, 0.29) is 0 Å². The summed E-state index contributed by atoms with van der Waals surface area (Å²) >= 11 is 20.9. The second-order valence-electron chi connectivity index (χ2n) is 4.29. The Morgan fingerprint density at radius 1 is 1.10 bits per heavy atom. The van der Waals surface area contributed by atoms with Crippen LogP contribution in [0.15, 0.2) is 46.9 Å². The van der Waals surface area contributed by atoms with Crippen molar-refractivity contribution in [2.75, 3.05) is 0 Å². The molecular formula is C14H8BrCl2N3S. The number of hydrogen-bond acceptors (Lipinski definition) is 2. The highest BCUT2D eigenvalue weighted by Gasteiger charge is 2.14. The van der Waals surface area contributed by atoms with E-state index >= 15 is 0 Å². The third-order valence-corrected chi connectivity index (χ3v) is 4.28. The fourth-order valence-electron chi connectivity index (χ4n) is 1.98. The molecule has 0 bridgehead atoms. The Morgan fingerprint density at radius 3 is 2.48 bits per heavy atom. The summed E-state index contributed by atoms with van der Waals surface area (Å²) in [7, 11) is 0. The average Bonchev–Trinajstić information content (AvgIpc) is 2.82. The lowest BCUT2D eigenvalue weighted by Gasteiger charge is -2.08. The molecule has 0 radical (unpaired) electrons. The molecule has 1 heterocycles. The number of nitrogens with one attached hydrogen (secondary N) is 1. The van der Waals surface area contributed by atoms with Crippen molar-refractivity contribution in [3.05, 3.63) is 61.8 Å². The third kappa shape index (κ3) is 2.92. The second kappa shape index (κ2) is 5.93. The largest absolute Gasteiger partial charge is 0.268 e. The van der Waals surface area contributed by atoms with E-state index in [2.05, 4.69) is 26.1 Å². The predicted molar refractivity (Wildman–Crippen MR) is 91.9 cm³/mol. The zero-order valence-electron chi connectivity index (χ0n) is 10.5. The van der Waals surface area contributed by atoms with E-state index in [1.165, 1.54) is 0 Å². The highest BCUT2D eigenvalue weighted by molar-refractivity contribution is 9.10. The molecule has 1 N–H and O–H groups in total. The molecule has 1 aromatic heterocycles. The van der Waals surface area contributed by atoms with Crippen LogP contribution in [0.25, 0.3) is 17.1 Å². The molecular weight excluding hydrogens is 393 g/mol. The first kappa shape index (κ1) is 14.8. The lowest BCUT2D eigenvalue weighted by molar-refractivity contribution is 1.04. The molecule has 3 aromatic rings. The molecule has 0 fully saturated rings. The Hall–Kier alpha value is -1.14. The van der Waals surface area contributed by atoms with Crippen molar-refractivity contribution in [2.24, 2.45) is 0 Å². The predicted octanol–water partition coefficient (Wildman–Crippen LogP) is 5.67. The number of rotatable bonds is 2. The Morgan fingerprint density at radius 2 is 1.81 bits per heavy atom. The van der Waals surface area contributed by atoms with E-state index in [0.717, 1.165) is 15.7 Å². The maximum absolute atomic E-state index is 6.26. The number of H-pyrrole nitrogens is 1. The van der Waals surface area contributed by atoms with E-state index < -0.39 is 0 Å². The Bertz CT molecular complexity index is 855. The lowest BCUT2D eigenvalue weighted by Crippen LogP contribution is -1.98. The smallest absolute Gasteiger partial charge is 0.200 e. The number of hydrogen-bond donors (Lipinski definition) is 1. The van der Waals surface area contributed by atoms with Crippen LogP contribution in [0.2, 0.25) is 10.0 Å². The van der Waals surface area contributed by atoms with Gasteiger partial charge in [0.05, 0.1) is 10.7 Å². The normalized spacial score (nSPS) is 10.8. The third-order valence-electron chi connectivity index (χ3n) is 2.93. The Labute approximate surface area is 144 Å². The quantitative estimate of drug-likeness (QED) is 0.562. The highest BCUT2D eigenvalue weighted by atomic mass is 79.9. The van der Waals surface area contributed by atoms with Crippen LogP contribution in [0.3, 0.4) is 0 Å². The fraction of sp³-hybridized carbons (Fsp3) is 0. The van der Waals surface area contributed by atoms with Crippen LogP contribution in [0.4, 0.5) is 0 Å². The van der Waals surface area contributed by atoms with Gasteiger partial charge in [-0.25, -0.2) is 0 Å². The van der Waals surface area contributed by atoms with Crippen LogP contribution in [0.1, 0.15) is 0 Å². The number of benzene rings is 2. The standard InChI is InChI=1S/C14H8BrCl2N3S/c15-8-1-4-10(5-2-8)20-13(18-19-14(20)21)11-6-3-9(16)7-12(11)17/h1-7H,(H,19,21). The maximum Gasteiger partial charge on any atom is 0.200 e. The number of aromatic nitrogens is 3. The molecule has 106 valence electrons. The summed E-state index contributed by atoms with van der Waals surface area (Å²) in [5.74, 6) is 0.643. The molecule has 0 amide bonds. The lowest BCUT2D eigenvalue weighted by atomic mass is 10.2. The molecule has 21 heavy (non-hydrogen) atoms. The molecule has 2 aromatic carbocycles. The number of aromatic amines is 1. The van der Waals surface area contributed by atoms with E-state index in [1.54, 1.807) is 12.1 Å². The van der Waals surface area contributed by atoms with Crippen LogP contribution in [-0.2, 0) is 0 Å². The number of halogens is 3. The van der Waals surface area contributed by atoms with E-state index in [9.17, 15) is 0 Å². The SMILES string of the molecule is S=c1[nH]nc(-c2ccc(Cl)cc2Cl)n1-c1ccc(Br)cc1. The van der Waals surface area contributed by atoms with Crippen molar-refractivity contribution in [2.45, 2.75) is 0 Å². The van der Waals surface area contributed by atoms with Gasteiger partial charge >= 0.3 is 0 Å². The van der Waals surface area contributed by atoms with Gasteiger partial charge in [0.25, 0.3) is 0 Å². The zero-order chi connectivity index (χ0) is 15.0. The minimum absolute atomic E-state index is 0.498. The van der Waals surface area contributed by atoms with E-state index in [0.29, 0.717) is 20.6 Å². The first-order chi connectivity index (χ1) is 10.1. The van der Waals surface area contributed by atoms with Crippen molar-refractivity contribution in [1.82, 2.24) is 14.8 Å². The van der Waals surface area contributed by atoms with Crippen LogP contribution in [-0.4, -0.2) is 14.8 Å². The van der Waals surface area contributed by atoms with Gasteiger partial charge in [-0.3, -0.25) is 9.67 Å². The molecule has 0 spiro atoms. The molecule has 0 aliphatic heterocycles. The van der Waals surface area contributed by atoms with Gasteiger partial charge in [0.2, 0.25) is 0 Å². The Balaban J connectivity index is 2.21. The highest BCUT2D eigenvalue weighted by Crippen LogP contribution is 2.30. The molecule has 7 heteroatoms. The summed E-state index contributed by atoms with van der Waals surface area (Å²) in [4.78, 5) is 0. The molecule has 0 saturated heterocycles. The average molecular weight is 401 g/mol. The minimum Gasteiger partial charge on any atom is -0.268 e. The van der Waals surface area contributed by atoms with Crippen LogP contribution in [0.5, 0.6) is 0 Å². The van der Waals surface area contributed by atoms with Crippen LogP contribution in [0, 0.1) is 4.77 Å². The topological polar surface area (TPSA) is 33.6 Å². The summed E-state index contributed by atoms with van der Waals surface area (Å²) in [6.07, 6.45) is 0. The first-order valence-corrected chi connectivity index (χ1v) is 7.91. The zero-order valence-corrected chi connectivity index (χ0v) is 14.4. The van der Waals surface area contributed by atoms with Gasteiger partial charge in [-0.2, -0.15) is 5.10 Å². The van der Waals surface area contributed by atoms with Gasteiger partial charge in [0.1, 0.15) is 0 Å². The van der Waals surface area contributed by atoms with Gasteiger partial charge in [-0.15, -0.1) is 0 Å². The summed E-state index contributed by atoms with van der Waals surface area (Å²) in [6, 6.07) is 13.1. The monoisotopic (exact) mass is 399 g/mol. The molecule has 0 aliphatic carbocycles. The van der Waals surface area contributed by atoms with E-state index in [1.807, 2.05) is 34.9 Å². The fourth-order valence-corrected chi connectivity index (χ4v) is 2.97. The molecule has 0 atom stereocenters. The van der Waals surface area contributed by atoms with Crippen molar-refractivity contribution in [3.8, 4) is 17.1 Å². The van der Waals surface area contributed by atoms with Gasteiger partial charge in [-0.05, 0) is 54.7 Å². The van der Waals surface area contributed by atoms with Crippen molar-refractivity contribution < 1.29 is 0 Å². The van der Waals surface area contributed by atoms with Gasteiger partial charge in [-0.1, -0.05) is 39.1 Å². The first-order valence-electron chi connectivity index (χ1n) is 5.95. The van der Waals surface area contributed by atoms with Gasteiger partial charge in [0, 0.05) is 15.1 Å². The summed E-state index contributed by atoms with van der Waals surface area (Å²) in [5.41, 5.74) is 1.66. The van der Waals surface area contributed by atoms with Crippen molar-refractivity contribution in [3.63, 3.8) is 0 Å². The van der Waals surface area contributed by atoms with Crippen molar-refractivity contribution in [1.29, 1.82) is 0 Å².